The van der Waals surface area contributed by atoms with Crippen LogP contribution in [0.4, 0.5) is 0 Å². The highest BCUT2D eigenvalue weighted by atomic mass is 16.6. The number of phenols is 3. The van der Waals surface area contributed by atoms with Crippen molar-refractivity contribution < 1.29 is 29.6 Å². The third kappa shape index (κ3) is 1.68. The number of carbonyl (C=O) groups is 1. The minimum Gasteiger partial charge on any atom is -0.508 e. The van der Waals surface area contributed by atoms with Crippen molar-refractivity contribution in [3.05, 3.63) is 76.9 Å². The van der Waals surface area contributed by atoms with Crippen LogP contribution in [0.25, 0.3) is 0 Å². The van der Waals surface area contributed by atoms with Gasteiger partial charge in [0.25, 0.3) is 0 Å². The quantitative estimate of drug-likeness (QED) is 0.539. The molecule has 6 nitrogen and oxygen atoms in total. The number of aromatic hydroxyl groups is 3. The normalized spacial score (nSPS) is 15.6. The maximum absolute atomic E-state index is 12.6. The Morgan fingerprint density at radius 2 is 1.42 bits per heavy atom. The Kier molecular flexibility index (Phi) is 2.65. The lowest BCUT2D eigenvalue weighted by atomic mass is 9.77. The molecule has 0 bridgehead atoms. The minimum atomic E-state index is -1.43. The van der Waals surface area contributed by atoms with E-state index >= 15 is 0 Å². The topological polar surface area (TPSA) is 96.2 Å². The SMILES string of the molecule is O=C1OC2(c3ccc(O)cc3Oc3cc(O)ccc32)c2c(O)cccc21. The zero-order valence-electron chi connectivity index (χ0n) is 13.3. The second kappa shape index (κ2) is 4.70. The first-order valence-electron chi connectivity index (χ1n) is 7.91. The highest BCUT2D eigenvalue weighted by molar-refractivity contribution is 5.98. The van der Waals surface area contributed by atoms with Crippen molar-refractivity contribution in [2.45, 2.75) is 5.60 Å². The number of hydrogen-bond acceptors (Lipinski definition) is 6. The number of carbonyl (C=O) groups excluding carboxylic acids is 1. The lowest BCUT2D eigenvalue weighted by molar-refractivity contribution is 0.0220. The fourth-order valence-electron chi connectivity index (χ4n) is 3.74. The molecule has 2 aliphatic rings. The van der Waals surface area contributed by atoms with Gasteiger partial charge < -0.3 is 24.8 Å². The summed E-state index contributed by atoms with van der Waals surface area (Å²) in [5.41, 5.74) is 0.0866. The molecule has 3 aromatic rings. The van der Waals surface area contributed by atoms with E-state index < -0.39 is 11.6 Å². The molecule has 2 aliphatic heterocycles. The molecule has 5 rings (SSSR count). The summed E-state index contributed by atoms with van der Waals surface area (Å²) in [6.07, 6.45) is 0. The molecule has 0 aromatic heterocycles. The van der Waals surface area contributed by atoms with E-state index in [4.69, 9.17) is 9.47 Å². The van der Waals surface area contributed by atoms with Crippen molar-refractivity contribution >= 4 is 5.97 Å². The Hall–Kier alpha value is -3.67. The fourth-order valence-corrected chi connectivity index (χ4v) is 3.74. The Morgan fingerprint density at radius 3 is 2.04 bits per heavy atom. The molecule has 3 N–H and O–H groups in total. The number of esters is 1. The zero-order chi connectivity index (χ0) is 18.1. The molecule has 26 heavy (non-hydrogen) atoms. The second-order valence-corrected chi connectivity index (χ2v) is 6.23. The van der Waals surface area contributed by atoms with Gasteiger partial charge in [0.1, 0.15) is 28.7 Å². The van der Waals surface area contributed by atoms with Gasteiger partial charge in [0, 0.05) is 23.3 Å². The molecule has 6 heteroatoms. The third-order valence-electron chi connectivity index (χ3n) is 4.77. The monoisotopic (exact) mass is 348 g/mol. The number of hydrogen-bond donors (Lipinski definition) is 3. The predicted molar refractivity (Wildman–Crippen MR) is 89.7 cm³/mol. The van der Waals surface area contributed by atoms with Crippen LogP contribution >= 0.6 is 0 Å². The number of fused-ring (bicyclic) bond motifs is 6. The van der Waals surface area contributed by atoms with Gasteiger partial charge in [-0.25, -0.2) is 4.79 Å². The van der Waals surface area contributed by atoms with Crippen molar-refractivity contribution in [1.29, 1.82) is 0 Å². The lowest BCUT2D eigenvalue weighted by Crippen LogP contribution is -2.33. The minimum absolute atomic E-state index is 0.0238. The molecule has 0 atom stereocenters. The maximum atomic E-state index is 12.6. The largest absolute Gasteiger partial charge is 0.508 e. The van der Waals surface area contributed by atoms with Crippen molar-refractivity contribution in [2.75, 3.05) is 0 Å². The van der Waals surface area contributed by atoms with E-state index in [1.807, 2.05) is 0 Å². The van der Waals surface area contributed by atoms with Crippen LogP contribution in [-0.4, -0.2) is 21.3 Å². The standard InChI is InChI=1S/C20H12O6/c21-10-4-6-13-16(8-10)25-17-9-11(22)5-7-14(17)20(13)18-12(19(24)26-20)2-1-3-15(18)23/h1-9,21-23H. The molecular weight excluding hydrogens is 336 g/mol. The highest BCUT2D eigenvalue weighted by Crippen LogP contribution is 2.58. The first-order chi connectivity index (χ1) is 12.5. The first-order valence-corrected chi connectivity index (χ1v) is 7.91. The lowest BCUT2D eigenvalue weighted by Gasteiger charge is -2.36. The van der Waals surface area contributed by atoms with E-state index in [1.54, 1.807) is 24.3 Å². The molecular formula is C20H12O6. The smallest absolute Gasteiger partial charge is 0.340 e. The number of ether oxygens (including phenoxy) is 2. The number of phenolic OH excluding ortho intramolecular Hbond substituents is 3. The summed E-state index contributed by atoms with van der Waals surface area (Å²) in [5.74, 6) is -0.170. The van der Waals surface area contributed by atoms with Crippen LogP contribution in [0, 0.1) is 0 Å². The number of benzene rings is 3. The van der Waals surface area contributed by atoms with Crippen LogP contribution in [-0.2, 0) is 10.3 Å². The third-order valence-corrected chi connectivity index (χ3v) is 4.77. The molecule has 0 amide bonds. The molecule has 1 spiro atoms. The average Bonchev–Trinajstić information content (AvgIpc) is 2.89. The van der Waals surface area contributed by atoms with Gasteiger partial charge in [-0.1, -0.05) is 6.07 Å². The second-order valence-electron chi connectivity index (χ2n) is 6.23. The van der Waals surface area contributed by atoms with Gasteiger partial charge in [0.05, 0.1) is 11.1 Å². The van der Waals surface area contributed by atoms with Crippen molar-refractivity contribution in [1.82, 2.24) is 0 Å². The summed E-state index contributed by atoms with van der Waals surface area (Å²) in [7, 11) is 0. The summed E-state index contributed by atoms with van der Waals surface area (Å²) < 4.78 is 11.7. The Balaban J connectivity index is 1.94. The van der Waals surface area contributed by atoms with E-state index in [0.717, 1.165) is 0 Å². The van der Waals surface area contributed by atoms with Crippen LogP contribution < -0.4 is 4.74 Å². The van der Waals surface area contributed by atoms with Gasteiger partial charge in [-0.05, 0) is 36.4 Å². The Morgan fingerprint density at radius 1 is 0.808 bits per heavy atom. The summed E-state index contributed by atoms with van der Waals surface area (Å²) in [6, 6.07) is 13.5. The van der Waals surface area contributed by atoms with Crippen LogP contribution in [0.1, 0.15) is 27.0 Å². The molecule has 0 saturated heterocycles. The Bertz CT molecular complexity index is 1050. The zero-order valence-corrected chi connectivity index (χ0v) is 13.3. The molecule has 2 heterocycles. The van der Waals surface area contributed by atoms with E-state index in [-0.39, 0.29) is 34.3 Å². The number of rotatable bonds is 0. The van der Waals surface area contributed by atoms with Crippen LogP contribution in [0.2, 0.25) is 0 Å². The van der Waals surface area contributed by atoms with Gasteiger partial charge >= 0.3 is 5.97 Å². The van der Waals surface area contributed by atoms with Gasteiger partial charge in [-0.2, -0.15) is 0 Å². The predicted octanol–water partition coefficient (Wildman–Crippen LogP) is 3.37. The van der Waals surface area contributed by atoms with Gasteiger partial charge in [0.2, 0.25) is 0 Å². The molecule has 0 saturated carbocycles. The van der Waals surface area contributed by atoms with E-state index in [1.165, 1.54) is 30.3 Å². The molecule has 3 aromatic carbocycles. The van der Waals surface area contributed by atoms with E-state index in [2.05, 4.69) is 0 Å². The molecule has 0 unspecified atom stereocenters. The van der Waals surface area contributed by atoms with E-state index in [0.29, 0.717) is 16.7 Å². The average molecular weight is 348 g/mol. The van der Waals surface area contributed by atoms with Gasteiger partial charge in [-0.3, -0.25) is 0 Å². The summed E-state index contributed by atoms with van der Waals surface area (Å²) in [6.45, 7) is 0. The van der Waals surface area contributed by atoms with Crippen molar-refractivity contribution in [3.8, 4) is 28.7 Å². The molecule has 0 fully saturated rings. The van der Waals surface area contributed by atoms with Crippen LogP contribution in [0.3, 0.4) is 0 Å². The van der Waals surface area contributed by atoms with Crippen molar-refractivity contribution in [2.24, 2.45) is 0 Å². The fraction of sp³-hybridized carbons (Fsp3) is 0.0500. The molecule has 0 radical (unpaired) electrons. The summed E-state index contributed by atoms with van der Waals surface area (Å²) >= 11 is 0. The van der Waals surface area contributed by atoms with Gasteiger partial charge in [0.15, 0.2) is 5.60 Å². The van der Waals surface area contributed by atoms with Gasteiger partial charge in [-0.15, -0.1) is 0 Å². The van der Waals surface area contributed by atoms with Crippen LogP contribution in [0.15, 0.2) is 54.6 Å². The summed E-state index contributed by atoms with van der Waals surface area (Å²) in [4.78, 5) is 12.6. The highest BCUT2D eigenvalue weighted by Gasteiger charge is 2.55. The summed E-state index contributed by atoms with van der Waals surface area (Å²) in [5, 5.41) is 30.2. The molecule has 0 aliphatic carbocycles. The van der Waals surface area contributed by atoms with Crippen molar-refractivity contribution in [3.63, 3.8) is 0 Å². The maximum Gasteiger partial charge on any atom is 0.340 e. The first kappa shape index (κ1) is 14.7. The Labute approximate surface area is 147 Å². The molecule has 128 valence electrons. The van der Waals surface area contributed by atoms with Crippen LogP contribution in [0.5, 0.6) is 28.7 Å². The van der Waals surface area contributed by atoms with E-state index in [9.17, 15) is 20.1 Å².